The average molecular weight is 316 g/mol. The van der Waals surface area contributed by atoms with E-state index in [-0.39, 0.29) is 5.69 Å². The van der Waals surface area contributed by atoms with Gasteiger partial charge in [0.2, 0.25) is 0 Å². The van der Waals surface area contributed by atoms with Crippen LogP contribution in [0, 0.1) is 0 Å². The highest BCUT2D eigenvalue weighted by Gasteiger charge is 2.20. The molecule has 0 spiro atoms. The van der Waals surface area contributed by atoms with Crippen molar-refractivity contribution in [1.29, 1.82) is 0 Å². The van der Waals surface area contributed by atoms with E-state index in [1.165, 1.54) is 0 Å². The van der Waals surface area contributed by atoms with Gasteiger partial charge in [0.05, 0.1) is 4.90 Å². The monoisotopic (exact) mass is 315 g/mol. The Hall–Kier alpha value is -1.18. The number of nitrogens with one attached hydrogen (secondary N) is 2. The molecule has 1 unspecified atom stereocenters. The largest absolute Gasteiger partial charge is 0.364 e. The van der Waals surface area contributed by atoms with Gasteiger partial charge in [0.25, 0.3) is 5.91 Å². The number of aromatic nitrogens is 1. The van der Waals surface area contributed by atoms with Crippen LogP contribution in [0.2, 0.25) is 0 Å². The van der Waals surface area contributed by atoms with Crippen LogP contribution < -0.4 is 10.5 Å². The summed E-state index contributed by atoms with van der Waals surface area (Å²) in [6.45, 7) is 0. The van der Waals surface area contributed by atoms with Crippen LogP contribution in [0.1, 0.15) is 10.5 Å². The summed E-state index contributed by atoms with van der Waals surface area (Å²) >= 11 is 3.33. The fraction of sp³-hybridized carbons (Fsp3) is 0.100. The molecule has 0 saturated carbocycles. The number of primary amides is 1. The van der Waals surface area contributed by atoms with Crippen LogP contribution in [0.15, 0.2) is 27.6 Å². The van der Waals surface area contributed by atoms with Gasteiger partial charge in [-0.1, -0.05) is 15.9 Å². The molecule has 0 bridgehead atoms. The van der Waals surface area contributed by atoms with Gasteiger partial charge in [0.15, 0.2) is 0 Å². The molecule has 2 rings (SSSR count). The van der Waals surface area contributed by atoms with Crippen molar-refractivity contribution in [3.63, 3.8) is 0 Å². The van der Waals surface area contributed by atoms with Crippen LogP contribution in [0.4, 0.5) is 0 Å². The summed E-state index contributed by atoms with van der Waals surface area (Å²) in [7, 11) is 0.0761. The van der Waals surface area contributed by atoms with E-state index in [2.05, 4.69) is 25.6 Å². The van der Waals surface area contributed by atoms with Crippen molar-refractivity contribution in [3.05, 3.63) is 28.4 Å². The predicted molar refractivity (Wildman–Crippen MR) is 70.0 cm³/mol. The van der Waals surface area contributed by atoms with Crippen LogP contribution in [0.5, 0.6) is 0 Å². The number of halogens is 1. The standard InChI is InChI=1S/C10H10BrN3O2S/c1-13-17(16)9-6-4-5(11)2-3-7(6)14-8(9)10(12)15/h2-4,13-14H,1H3,(H2,12,15). The molecule has 0 fully saturated rings. The van der Waals surface area contributed by atoms with Crippen molar-refractivity contribution >= 4 is 43.7 Å². The zero-order valence-corrected chi connectivity index (χ0v) is 11.3. The van der Waals surface area contributed by atoms with Crippen molar-refractivity contribution in [1.82, 2.24) is 9.71 Å². The molecular formula is C10H10BrN3O2S. The van der Waals surface area contributed by atoms with E-state index in [0.717, 1.165) is 9.99 Å². The number of benzene rings is 1. The molecule has 0 saturated heterocycles. The minimum atomic E-state index is -1.48. The van der Waals surface area contributed by atoms with Crippen molar-refractivity contribution in [2.45, 2.75) is 4.90 Å². The predicted octanol–water partition coefficient (Wildman–Crippen LogP) is 1.27. The van der Waals surface area contributed by atoms with Gasteiger partial charge < -0.3 is 10.7 Å². The van der Waals surface area contributed by atoms with Crippen LogP contribution in [0.3, 0.4) is 0 Å². The van der Waals surface area contributed by atoms with Crippen LogP contribution in [-0.2, 0) is 11.0 Å². The first-order chi connectivity index (χ1) is 8.04. The SMILES string of the molecule is CNS(=O)c1c(C(N)=O)[nH]c2ccc(Br)cc12. The number of amides is 1. The lowest BCUT2D eigenvalue weighted by molar-refractivity contribution is 0.0993. The normalized spacial score (nSPS) is 12.8. The minimum absolute atomic E-state index is 0.172. The number of rotatable bonds is 3. The van der Waals surface area contributed by atoms with Gasteiger partial charge in [-0.25, -0.2) is 8.93 Å². The average Bonchev–Trinajstić information content (AvgIpc) is 2.66. The van der Waals surface area contributed by atoms with E-state index in [0.29, 0.717) is 10.3 Å². The maximum Gasteiger partial charge on any atom is 0.266 e. The Morgan fingerprint density at radius 3 is 2.82 bits per heavy atom. The number of nitrogens with two attached hydrogens (primary N) is 1. The van der Waals surface area contributed by atoms with Crippen molar-refractivity contribution in [3.8, 4) is 0 Å². The lowest BCUT2D eigenvalue weighted by Gasteiger charge is -2.00. The van der Waals surface area contributed by atoms with Crippen LogP contribution in [-0.4, -0.2) is 22.1 Å². The van der Waals surface area contributed by atoms with Gasteiger partial charge in [-0.15, -0.1) is 0 Å². The molecule has 4 N–H and O–H groups in total. The van der Waals surface area contributed by atoms with E-state index in [9.17, 15) is 9.00 Å². The summed E-state index contributed by atoms with van der Waals surface area (Å²) < 4.78 is 15.3. The Balaban J connectivity index is 2.82. The Labute approximate surface area is 108 Å². The van der Waals surface area contributed by atoms with Gasteiger partial charge in [-0.3, -0.25) is 4.79 Å². The molecule has 1 heterocycles. The van der Waals surface area contributed by atoms with Gasteiger partial charge in [0, 0.05) is 15.4 Å². The number of carbonyl (C=O) groups is 1. The molecule has 1 aromatic heterocycles. The molecule has 1 atom stereocenters. The third kappa shape index (κ3) is 2.13. The zero-order valence-electron chi connectivity index (χ0n) is 8.91. The third-order valence-corrected chi connectivity index (χ3v) is 3.99. The highest BCUT2D eigenvalue weighted by molar-refractivity contribution is 9.10. The molecule has 0 aliphatic heterocycles. The molecule has 1 amide bonds. The van der Waals surface area contributed by atoms with Crippen LogP contribution in [0.25, 0.3) is 10.9 Å². The molecule has 90 valence electrons. The Morgan fingerprint density at radius 1 is 1.53 bits per heavy atom. The molecule has 7 heteroatoms. The van der Waals surface area contributed by atoms with E-state index in [4.69, 9.17) is 5.73 Å². The smallest absolute Gasteiger partial charge is 0.266 e. The number of hydrogen-bond acceptors (Lipinski definition) is 2. The second-order valence-electron chi connectivity index (χ2n) is 3.36. The minimum Gasteiger partial charge on any atom is -0.364 e. The highest BCUT2D eigenvalue weighted by Crippen LogP contribution is 2.27. The number of aromatic amines is 1. The summed E-state index contributed by atoms with van der Waals surface area (Å²) in [5.41, 5.74) is 6.16. The molecule has 5 nitrogen and oxygen atoms in total. The summed E-state index contributed by atoms with van der Waals surface area (Å²) in [5.74, 6) is -0.629. The maximum atomic E-state index is 11.9. The molecule has 17 heavy (non-hydrogen) atoms. The fourth-order valence-corrected chi connectivity index (χ4v) is 2.88. The number of hydrogen-bond donors (Lipinski definition) is 3. The second-order valence-corrected chi connectivity index (χ2v) is 5.63. The Morgan fingerprint density at radius 2 is 2.24 bits per heavy atom. The molecule has 0 aliphatic rings. The summed E-state index contributed by atoms with van der Waals surface area (Å²) in [6, 6.07) is 5.42. The lowest BCUT2D eigenvalue weighted by Crippen LogP contribution is -2.18. The first kappa shape index (κ1) is 12.3. The van der Waals surface area contributed by atoms with E-state index >= 15 is 0 Å². The maximum absolute atomic E-state index is 11.9. The van der Waals surface area contributed by atoms with Crippen molar-refractivity contribution in [2.75, 3.05) is 7.05 Å². The third-order valence-electron chi connectivity index (χ3n) is 2.33. The topological polar surface area (TPSA) is 88.0 Å². The van der Waals surface area contributed by atoms with Gasteiger partial charge >= 0.3 is 0 Å². The molecule has 2 aromatic rings. The van der Waals surface area contributed by atoms with Gasteiger partial charge in [-0.2, -0.15) is 0 Å². The first-order valence-electron chi connectivity index (χ1n) is 4.74. The fourth-order valence-electron chi connectivity index (χ4n) is 1.61. The Kier molecular flexibility index (Phi) is 3.32. The van der Waals surface area contributed by atoms with Crippen molar-refractivity contribution in [2.24, 2.45) is 5.73 Å². The van der Waals surface area contributed by atoms with Gasteiger partial charge in [-0.05, 0) is 25.2 Å². The summed E-state index contributed by atoms with van der Waals surface area (Å²) in [6.07, 6.45) is 0. The summed E-state index contributed by atoms with van der Waals surface area (Å²) in [4.78, 5) is 14.6. The quantitative estimate of drug-likeness (QED) is 0.796. The first-order valence-corrected chi connectivity index (χ1v) is 6.69. The van der Waals surface area contributed by atoms with E-state index in [1.807, 2.05) is 6.07 Å². The Bertz CT molecular complexity index is 623. The molecular weight excluding hydrogens is 306 g/mol. The van der Waals surface area contributed by atoms with E-state index < -0.39 is 16.9 Å². The highest BCUT2D eigenvalue weighted by atomic mass is 79.9. The van der Waals surface area contributed by atoms with Crippen molar-refractivity contribution < 1.29 is 9.00 Å². The summed E-state index contributed by atoms with van der Waals surface area (Å²) in [5, 5.41) is 0.709. The molecule has 0 radical (unpaired) electrons. The molecule has 1 aromatic carbocycles. The number of H-pyrrole nitrogens is 1. The van der Waals surface area contributed by atoms with E-state index in [1.54, 1.807) is 19.2 Å². The van der Waals surface area contributed by atoms with Gasteiger partial charge in [0.1, 0.15) is 16.7 Å². The molecule has 0 aliphatic carbocycles. The van der Waals surface area contributed by atoms with Crippen LogP contribution >= 0.6 is 15.9 Å². The lowest BCUT2D eigenvalue weighted by atomic mass is 10.2. The number of fused-ring (bicyclic) bond motifs is 1. The number of carbonyl (C=O) groups excluding carboxylic acids is 1. The zero-order chi connectivity index (χ0) is 12.6. The second kappa shape index (κ2) is 4.59.